The summed E-state index contributed by atoms with van der Waals surface area (Å²) in [5.41, 5.74) is -3.92. The van der Waals surface area contributed by atoms with Crippen molar-refractivity contribution in [3.8, 4) is 0 Å². The van der Waals surface area contributed by atoms with E-state index in [0.29, 0.717) is 0 Å². The molecule has 2 heterocycles. The maximum atomic E-state index is 12.6. The Hall–Kier alpha value is -2.88. The van der Waals surface area contributed by atoms with E-state index < -0.39 is 85.2 Å². The van der Waals surface area contributed by atoms with Gasteiger partial charge < -0.3 is 54.3 Å². The largest absolute Gasteiger partial charge is 0.471 e. The first-order valence-corrected chi connectivity index (χ1v) is 12.2. The van der Waals surface area contributed by atoms with Gasteiger partial charge in [0, 0.05) is 12.5 Å². The number of ether oxygens (including phenoxy) is 5. The summed E-state index contributed by atoms with van der Waals surface area (Å²) in [6, 6.07) is 8.90. The zero-order chi connectivity index (χ0) is 28.5. The Morgan fingerprint density at radius 3 is 2.41 bits per heavy atom. The molecule has 0 radical (unpaired) electrons. The fourth-order valence-corrected chi connectivity index (χ4v) is 5.22. The zero-order valence-electron chi connectivity index (χ0n) is 21.2. The molecular formula is C26H32O13. The molecular weight excluding hydrogens is 520 g/mol. The molecule has 0 amide bonds. The lowest BCUT2D eigenvalue weighted by atomic mass is 9.77. The van der Waals surface area contributed by atoms with E-state index in [1.165, 1.54) is 13.0 Å². The fraction of sp³-hybridized carbons (Fsp3) is 0.538. The Balaban J connectivity index is 1.61. The van der Waals surface area contributed by atoms with Crippen molar-refractivity contribution in [3.63, 3.8) is 0 Å². The smallest absolute Gasteiger partial charge is 0.339 e. The third kappa shape index (κ3) is 5.44. The van der Waals surface area contributed by atoms with Crippen molar-refractivity contribution in [2.45, 2.75) is 67.6 Å². The number of carbonyl (C=O) groups is 2. The van der Waals surface area contributed by atoms with Crippen molar-refractivity contribution in [1.82, 2.24) is 0 Å². The predicted octanol–water partition coefficient (Wildman–Crippen LogP) is -1.66. The van der Waals surface area contributed by atoms with Gasteiger partial charge in [0.05, 0.1) is 25.9 Å². The summed E-state index contributed by atoms with van der Waals surface area (Å²) in [6.07, 6.45) is -8.13. The maximum Gasteiger partial charge on any atom is 0.339 e. The van der Waals surface area contributed by atoms with Crippen LogP contribution in [0.3, 0.4) is 0 Å². The summed E-state index contributed by atoms with van der Waals surface area (Å²) in [5.74, 6) is -3.31. The Labute approximate surface area is 223 Å². The molecule has 39 heavy (non-hydrogen) atoms. The molecule has 13 nitrogen and oxygen atoms in total. The van der Waals surface area contributed by atoms with Crippen molar-refractivity contribution >= 4 is 18.0 Å². The molecule has 3 aliphatic rings. The van der Waals surface area contributed by atoms with Gasteiger partial charge in [0.2, 0.25) is 6.29 Å². The van der Waals surface area contributed by atoms with E-state index in [2.05, 4.69) is 0 Å². The third-order valence-electron chi connectivity index (χ3n) is 7.34. The molecule has 1 saturated heterocycles. The van der Waals surface area contributed by atoms with Crippen LogP contribution in [-0.2, 0) is 33.3 Å². The van der Waals surface area contributed by atoms with Crippen LogP contribution in [0, 0.1) is 5.92 Å². The topological polar surface area (TPSA) is 202 Å². The van der Waals surface area contributed by atoms with Gasteiger partial charge in [-0.2, -0.15) is 0 Å². The second kappa shape index (κ2) is 11.3. The number of hydrogen-bond donors (Lipinski definition) is 6. The van der Waals surface area contributed by atoms with E-state index in [4.69, 9.17) is 23.7 Å². The lowest BCUT2D eigenvalue weighted by molar-refractivity contribution is -0.352. The minimum atomic E-state index is -2.19. The van der Waals surface area contributed by atoms with Crippen molar-refractivity contribution in [2.75, 3.05) is 13.7 Å². The lowest BCUT2D eigenvalue weighted by Crippen LogP contribution is -2.62. The Kier molecular flexibility index (Phi) is 8.44. The summed E-state index contributed by atoms with van der Waals surface area (Å²) in [5, 5.41) is 63.3. The van der Waals surface area contributed by atoms with Crippen LogP contribution in [0.1, 0.15) is 18.9 Å². The second-order valence-corrected chi connectivity index (χ2v) is 9.86. The number of aliphatic hydroxyl groups is 6. The standard InChI is InChI=1S/C26H32O13/c1-25(33)16(38-17(28)9-8-13-6-4-3-5-7-13)10-26(34)14(22(32)35-2)12-36-24(21(25)26)39-23-20(31)19(30)18(29)15(11-27)37-23/h3-9,12,15-16,18-21,23-24,27,29-31,33-34H,10-11H2,1-2H3/t15?,16?,18?,19?,20?,21?,23?,24?,25-,26-/m0/s1. The van der Waals surface area contributed by atoms with E-state index in [9.17, 15) is 40.2 Å². The highest BCUT2D eigenvalue weighted by molar-refractivity contribution is 5.91. The molecule has 1 aromatic carbocycles. The van der Waals surface area contributed by atoms with Crippen LogP contribution in [0.4, 0.5) is 0 Å². The lowest BCUT2D eigenvalue weighted by Gasteiger charge is -2.46. The third-order valence-corrected chi connectivity index (χ3v) is 7.34. The van der Waals surface area contributed by atoms with Gasteiger partial charge >= 0.3 is 11.9 Å². The van der Waals surface area contributed by atoms with Crippen LogP contribution >= 0.6 is 0 Å². The van der Waals surface area contributed by atoms with Crippen molar-refractivity contribution in [3.05, 3.63) is 53.8 Å². The van der Waals surface area contributed by atoms with Gasteiger partial charge in [-0.15, -0.1) is 0 Å². The first-order chi connectivity index (χ1) is 18.4. The Morgan fingerprint density at radius 2 is 1.77 bits per heavy atom. The first-order valence-electron chi connectivity index (χ1n) is 12.2. The average molecular weight is 553 g/mol. The van der Waals surface area contributed by atoms with Crippen LogP contribution in [0.2, 0.25) is 0 Å². The van der Waals surface area contributed by atoms with Gasteiger partial charge in [0.1, 0.15) is 47.3 Å². The molecule has 2 fully saturated rings. The average Bonchev–Trinajstić information content (AvgIpc) is 3.12. The number of esters is 2. The molecule has 1 saturated carbocycles. The summed E-state index contributed by atoms with van der Waals surface area (Å²) in [7, 11) is 1.08. The van der Waals surface area contributed by atoms with Crippen LogP contribution in [-0.4, -0.2) is 111 Å². The first kappa shape index (κ1) is 29.1. The molecule has 4 rings (SSSR count). The number of hydrogen-bond acceptors (Lipinski definition) is 13. The Bertz CT molecular complexity index is 1100. The van der Waals surface area contributed by atoms with Gasteiger partial charge in [-0.3, -0.25) is 0 Å². The van der Waals surface area contributed by atoms with E-state index >= 15 is 0 Å². The van der Waals surface area contributed by atoms with E-state index in [-0.39, 0.29) is 5.57 Å². The molecule has 2 aliphatic heterocycles. The normalized spacial score (nSPS) is 39.9. The summed E-state index contributed by atoms with van der Waals surface area (Å²) < 4.78 is 26.8. The Morgan fingerprint density at radius 1 is 1.08 bits per heavy atom. The number of benzene rings is 1. The van der Waals surface area contributed by atoms with Gasteiger partial charge in [-0.1, -0.05) is 30.3 Å². The molecule has 13 heteroatoms. The number of rotatable bonds is 7. The van der Waals surface area contributed by atoms with Crippen LogP contribution in [0.15, 0.2) is 48.2 Å². The summed E-state index contributed by atoms with van der Waals surface area (Å²) >= 11 is 0. The van der Waals surface area contributed by atoms with Crippen molar-refractivity contribution in [2.24, 2.45) is 5.92 Å². The molecule has 10 atom stereocenters. The number of methoxy groups -OCH3 is 1. The van der Waals surface area contributed by atoms with E-state index in [1.54, 1.807) is 24.3 Å². The molecule has 1 aromatic rings. The van der Waals surface area contributed by atoms with Crippen molar-refractivity contribution in [1.29, 1.82) is 0 Å². The van der Waals surface area contributed by atoms with Gasteiger partial charge in [0.25, 0.3) is 0 Å². The number of carbonyl (C=O) groups excluding carboxylic acids is 2. The minimum Gasteiger partial charge on any atom is -0.471 e. The quantitative estimate of drug-likeness (QED) is 0.166. The molecule has 214 valence electrons. The monoisotopic (exact) mass is 552 g/mol. The van der Waals surface area contributed by atoms with E-state index in [0.717, 1.165) is 25.0 Å². The second-order valence-electron chi connectivity index (χ2n) is 9.86. The van der Waals surface area contributed by atoms with Gasteiger partial charge in [0.15, 0.2) is 6.29 Å². The molecule has 0 spiro atoms. The van der Waals surface area contributed by atoms with Crippen LogP contribution in [0.5, 0.6) is 0 Å². The molecule has 1 aliphatic carbocycles. The number of aliphatic hydroxyl groups excluding tert-OH is 4. The van der Waals surface area contributed by atoms with Gasteiger partial charge in [-0.25, -0.2) is 9.59 Å². The zero-order valence-corrected chi connectivity index (χ0v) is 21.2. The van der Waals surface area contributed by atoms with E-state index in [1.807, 2.05) is 6.07 Å². The van der Waals surface area contributed by atoms with Gasteiger partial charge in [-0.05, 0) is 18.6 Å². The number of fused-ring (bicyclic) bond motifs is 1. The molecule has 6 N–H and O–H groups in total. The highest BCUT2D eigenvalue weighted by atomic mass is 16.8. The van der Waals surface area contributed by atoms with Crippen LogP contribution < -0.4 is 0 Å². The maximum absolute atomic E-state index is 12.6. The predicted molar refractivity (Wildman–Crippen MR) is 129 cm³/mol. The molecule has 0 aromatic heterocycles. The van der Waals surface area contributed by atoms with Crippen LogP contribution in [0.25, 0.3) is 6.08 Å². The summed E-state index contributed by atoms with van der Waals surface area (Å²) in [6.45, 7) is 0.532. The molecule has 8 unspecified atom stereocenters. The fourth-order valence-electron chi connectivity index (χ4n) is 5.22. The molecule has 0 bridgehead atoms. The van der Waals surface area contributed by atoms with Crippen molar-refractivity contribution < 1.29 is 63.9 Å². The summed E-state index contributed by atoms with van der Waals surface area (Å²) in [4.78, 5) is 25.1. The highest BCUT2D eigenvalue weighted by Gasteiger charge is 2.69. The highest BCUT2D eigenvalue weighted by Crippen LogP contribution is 2.53. The SMILES string of the molecule is COC(=O)C1=COC(OC2OC(CO)C(O)C(O)C2O)C2[C@@](C)(O)C(OC(=O)C=Cc3ccccc3)C[C@]12O. The minimum absolute atomic E-state index is 0.373.